The van der Waals surface area contributed by atoms with Gasteiger partial charge in [-0.3, -0.25) is 24.2 Å². The summed E-state index contributed by atoms with van der Waals surface area (Å²) in [5.74, 6) is -1.80. The third kappa shape index (κ3) is 1.83. The molecular formula is C20H22ClN3O3. The Labute approximate surface area is 162 Å². The Kier molecular flexibility index (Phi) is 3.26. The van der Waals surface area contributed by atoms with Gasteiger partial charge in [-0.2, -0.15) is 0 Å². The van der Waals surface area contributed by atoms with Crippen LogP contribution >= 0.6 is 11.6 Å². The largest absolute Gasteiger partial charge is 0.323 e. The first-order valence-corrected chi connectivity index (χ1v) is 9.83. The van der Waals surface area contributed by atoms with Crippen molar-refractivity contribution in [3.05, 3.63) is 28.8 Å². The second-order valence-electron chi connectivity index (χ2n) is 8.97. The lowest BCUT2D eigenvalue weighted by molar-refractivity contribution is -0.150. The third-order valence-electron chi connectivity index (χ3n) is 6.65. The molecule has 1 aromatic carbocycles. The molecular weight excluding hydrogens is 366 g/mol. The second kappa shape index (κ2) is 5.11. The number of para-hydroxylation sites is 1. The Morgan fingerprint density at radius 2 is 1.93 bits per heavy atom. The molecule has 0 bridgehead atoms. The van der Waals surface area contributed by atoms with E-state index in [0.717, 1.165) is 18.4 Å². The smallest absolute Gasteiger partial charge is 0.250 e. The molecule has 3 fully saturated rings. The van der Waals surface area contributed by atoms with E-state index >= 15 is 0 Å². The number of carbonyl (C=O) groups is 3. The van der Waals surface area contributed by atoms with Gasteiger partial charge in [0.25, 0.3) is 5.91 Å². The average Bonchev–Trinajstić information content (AvgIpc) is 3.26. The first-order chi connectivity index (χ1) is 12.7. The Bertz CT molecular complexity index is 908. The molecule has 1 aromatic rings. The van der Waals surface area contributed by atoms with Crippen molar-refractivity contribution in [2.24, 2.45) is 11.8 Å². The van der Waals surface area contributed by atoms with Gasteiger partial charge < -0.3 is 5.32 Å². The fourth-order valence-electron chi connectivity index (χ4n) is 5.86. The van der Waals surface area contributed by atoms with E-state index in [1.54, 1.807) is 6.07 Å². The highest BCUT2D eigenvalue weighted by molar-refractivity contribution is 6.35. The zero-order chi connectivity index (χ0) is 19.3. The number of nitrogens with zero attached hydrogens (tertiary/aromatic N) is 2. The molecule has 5 rings (SSSR count). The summed E-state index contributed by atoms with van der Waals surface area (Å²) < 4.78 is 0. The summed E-state index contributed by atoms with van der Waals surface area (Å²) in [4.78, 5) is 43.8. The summed E-state index contributed by atoms with van der Waals surface area (Å²) in [7, 11) is 0. The van der Waals surface area contributed by atoms with Crippen LogP contribution in [0.4, 0.5) is 5.69 Å². The minimum absolute atomic E-state index is 0.0884. The van der Waals surface area contributed by atoms with Crippen molar-refractivity contribution in [2.45, 2.75) is 50.7 Å². The highest BCUT2D eigenvalue weighted by Gasteiger charge is 2.75. The SMILES string of the molecule is CC(C)(C)N1C(=O)C2C3CCCN3C3(C(=O)Nc4c(Cl)cccc43)C2C1=O. The highest BCUT2D eigenvalue weighted by Crippen LogP contribution is 2.61. The number of amides is 3. The number of benzene rings is 1. The van der Waals surface area contributed by atoms with Crippen LogP contribution < -0.4 is 5.32 Å². The monoisotopic (exact) mass is 387 g/mol. The predicted octanol–water partition coefficient (Wildman–Crippen LogP) is 2.37. The first kappa shape index (κ1) is 17.2. The number of hydrogen-bond acceptors (Lipinski definition) is 4. The number of fused-ring (bicyclic) bond motifs is 7. The van der Waals surface area contributed by atoms with Gasteiger partial charge >= 0.3 is 0 Å². The van der Waals surface area contributed by atoms with Gasteiger partial charge in [0.2, 0.25) is 11.8 Å². The van der Waals surface area contributed by atoms with E-state index in [0.29, 0.717) is 17.3 Å². The summed E-state index contributed by atoms with van der Waals surface area (Å²) in [6.07, 6.45) is 1.74. The Morgan fingerprint density at radius 3 is 2.63 bits per heavy atom. The van der Waals surface area contributed by atoms with Crippen LogP contribution in [0.1, 0.15) is 39.2 Å². The van der Waals surface area contributed by atoms with Gasteiger partial charge in [0, 0.05) is 17.1 Å². The Hall–Kier alpha value is -1.92. The first-order valence-electron chi connectivity index (χ1n) is 9.46. The molecule has 7 heteroatoms. The minimum Gasteiger partial charge on any atom is -0.323 e. The normalized spacial score (nSPS) is 35.0. The molecule has 0 saturated carbocycles. The molecule has 0 aromatic heterocycles. The molecule has 4 heterocycles. The molecule has 0 aliphatic carbocycles. The molecule has 4 atom stereocenters. The van der Waals surface area contributed by atoms with Gasteiger partial charge in [-0.25, -0.2) is 0 Å². The lowest BCUT2D eigenvalue weighted by Crippen LogP contribution is -2.56. The molecule has 142 valence electrons. The van der Waals surface area contributed by atoms with E-state index in [9.17, 15) is 14.4 Å². The van der Waals surface area contributed by atoms with E-state index in [1.807, 2.05) is 32.9 Å². The molecule has 3 amide bonds. The number of carbonyl (C=O) groups excluding carboxylic acids is 3. The van der Waals surface area contributed by atoms with Gasteiger partial charge in [0.05, 0.1) is 22.5 Å². The molecule has 4 aliphatic rings. The number of imide groups is 1. The van der Waals surface area contributed by atoms with Crippen LogP contribution in [0.3, 0.4) is 0 Å². The molecule has 6 nitrogen and oxygen atoms in total. The van der Waals surface area contributed by atoms with Crippen molar-refractivity contribution >= 4 is 35.0 Å². The van der Waals surface area contributed by atoms with Crippen LogP contribution in [0.15, 0.2) is 18.2 Å². The maximum absolute atomic E-state index is 13.5. The summed E-state index contributed by atoms with van der Waals surface area (Å²) in [5.41, 5.74) is -0.449. The second-order valence-corrected chi connectivity index (χ2v) is 9.38. The number of likely N-dealkylation sites (tertiary alicyclic amines) is 1. The molecule has 1 N–H and O–H groups in total. The number of halogens is 1. The van der Waals surface area contributed by atoms with Gasteiger partial charge in [-0.1, -0.05) is 23.7 Å². The van der Waals surface area contributed by atoms with Crippen molar-refractivity contribution in [1.82, 2.24) is 9.80 Å². The quantitative estimate of drug-likeness (QED) is 0.694. The van der Waals surface area contributed by atoms with E-state index in [-0.39, 0.29) is 23.8 Å². The van der Waals surface area contributed by atoms with Gasteiger partial charge in [-0.05, 0) is 46.2 Å². The van der Waals surface area contributed by atoms with Crippen molar-refractivity contribution in [3.8, 4) is 0 Å². The van der Waals surface area contributed by atoms with Crippen molar-refractivity contribution in [1.29, 1.82) is 0 Å². The van der Waals surface area contributed by atoms with Crippen molar-refractivity contribution in [2.75, 3.05) is 11.9 Å². The summed E-state index contributed by atoms with van der Waals surface area (Å²) in [6.45, 7) is 6.29. The van der Waals surface area contributed by atoms with Crippen molar-refractivity contribution < 1.29 is 14.4 Å². The van der Waals surface area contributed by atoms with Crippen molar-refractivity contribution in [3.63, 3.8) is 0 Å². The van der Waals surface area contributed by atoms with E-state index < -0.39 is 22.9 Å². The van der Waals surface area contributed by atoms with Crippen LogP contribution in [0.5, 0.6) is 0 Å². The average molecular weight is 388 g/mol. The van der Waals surface area contributed by atoms with E-state index in [4.69, 9.17) is 11.6 Å². The standard InChI is InChI=1S/C20H22ClN3O3/c1-19(2,3)24-16(25)13-12-8-5-9-23(12)20(14(13)17(24)26)10-6-4-7-11(21)15(10)22-18(20)27/h4,6-7,12-14H,5,8-9H2,1-3H3,(H,22,27). The van der Waals surface area contributed by atoms with Crippen LogP contribution in [0.25, 0.3) is 0 Å². The zero-order valence-corrected chi connectivity index (χ0v) is 16.3. The fourth-order valence-corrected chi connectivity index (χ4v) is 6.08. The van der Waals surface area contributed by atoms with Crippen LogP contribution in [-0.2, 0) is 19.9 Å². The predicted molar refractivity (Wildman–Crippen MR) is 100 cm³/mol. The number of nitrogens with one attached hydrogen (secondary N) is 1. The van der Waals surface area contributed by atoms with Crippen LogP contribution in [0, 0.1) is 11.8 Å². The summed E-state index contributed by atoms with van der Waals surface area (Å²) in [5, 5.41) is 3.38. The summed E-state index contributed by atoms with van der Waals surface area (Å²) in [6, 6.07) is 5.32. The van der Waals surface area contributed by atoms with E-state index in [2.05, 4.69) is 10.2 Å². The molecule has 0 radical (unpaired) electrons. The lowest BCUT2D eigenvalue weighted by Gasteiger charge is -2.38. The number of hydrogen-bond donors (Lipinski definition) is 1. The topological polar surface area (TPSA) is 69.7 Å². The number of anilines is 1. The minimum atomic E-state index is -1.14. The molecule has 1 spiro atoms. The Balaban J connectivity index is 1.77. The van der Waals surface area contributed by atoms with Gasteiger partial charge in [0.15, 0.2) is 0 Å². The highest BCUT2D eigenvalue weighted by atomic mass is 35.5. The van der Waals surface area contributed by atoms with E-state index in [1.165, 1.54) is 4.90 Å². The van der Waals surface area contributed by atoms with Crippen LogP contribution in [0.2, 0.25) is 5.02 Å². The maximum atomic E-state index is 13.5. The zero-order valence-electron chi connectivity index (χ0n) is 15.6. The Morgan fingerprint density at radius 1 is 1.19 bits per heavy atom. The van der Waals surface area contributed by atoms with Gasteiger partial charge in [0.1, 0.15) is 5.54 Å². The maximum Gasteiger partial charge on any atom is 0.250 e. The number of rotatable bonds is 0. The third-order valence-corrected chi connectivity index (χ3v) is 6.96. The molecule has 4 unspecified atom stereocenters. The molecule has 3 saturated heterocycles. The van der Waals surface area contributed by atoms with Gasteiger partial charge in [-0.15, -0.1) is 0 Å². The molecule has 27 heavy (non-hydrogen) atoms. The summed E-state index contributed by atoms with van der Waals surface area (Å²) >= 11 is 6.35. The lowest BCUT2D eigenvalue weighted by atomic mass is 9.75. The van der Waals surface area contributed by atoms with Crippen LogP contribution in [-0.4, -0.2) is 45.6 Å². The fraction of sp³-hybridized carbons (Fsp3) is 0.550. The molecule has 4 aliphatic heterocycles.